The predicted molar refractivity (Wildman–Crippen MR) is 63.3 cm³/mol. The molecule has 0 saturated heterocycles. The van der Waals surface area contributed by atoms with Crippen molar-refractivity contribution in [3.05, 3.63) is 12.0 Å². The van der Waals surface area contributed by atoms with Crippen LogP contribution in [0.3, 0.4) is 0 Å². The summed E-state index contributed by atoms with van der Waals surface area (Å²) in [7, 11) is 0. The van der Waals surface area contributed by atoms with Crippen molar-refractivity contribution < 1.29 is 4.79 Å². The molecule has 0 aromatic rings. The molecular weight excluding hydrogens is 202 g/mol. The van der Waals surface area contributed by atoms with Gasteiger partial charge in [-0.2, -0.15) is 11.8 Å². The molecule has 1 N–H and O–H groups in total. The van der Waals surface area contributed by atoms with Crippen molar-refractivity contribution >= 4 is 29.4 Å². The maximum Gasteiger partial charge on any atom is 0.219 e. The highest BCUT2D eigenvalue weighted by Gasteiger charge is 1.94. The second kappa shape index (κ2) is 9.99. The largest absolute Gasteiger partial charge is 0.355 e. The van der Waals surface area contributed by atoms with E-state index < -0.39 is 0 Å². The molecule has 0 rings (SSSR count). The van der Waals surface area contributed by atoms with E-state index in [0.29, 0.717) is 6.42 Å². The van der Waals surface area contributed by atoms with Gasteiger partial charge in [0, 0.05) is 30.2 Å². The Balaban J connectivity index is 2.99. The van der Waals surface area contributed by atoms with E-state index in [1.165, 1.54) is 0 Å². The lowest BCUT2D eigenvalue weighted by molar-refractivity contribution is -0.120. The lowest BCUT2D eigenvalue weighted by Crippen LogP contribution is -2.24. The van der Waals surface area contributed by atoms with E-state index in [4.69, 9.17) is 0 Å². The summed E-state index contributed by atoms with van der Waals surface area (Å²) in [6.45, 7) is 6.28. The first kappa shape index (κ1) is 12.9. The first-order valence-corrected chi connectivity index (χ1v) is 6.58. The first-order valence-electron chi connectivity index (χ1n) is 4.38. The monoisotopic (exact) mass is 219 g/mol. The van der Waals surface area contributed by atoms with Crippen LogP contribution in [0.1, 0.15) is 13.3 Å². The maximum absolute atomic E-state index is 10.8. The van der Waals surface area contributed by atoms with E-state index >= 15 is 0 Å². The topological polar surface area (TPSA) is 29.1 Å². The fourth-order valence-electron chi connectivity index (χ4n) is 0.680. The number of hydrogen-bond donors (Lipinski definition) is 1. The van der Waals surface area contributed by atoms with Gasteiger partial charge < -0.3 is 5.32 Å². The van der Waals surface area contributed by atoms with Crippen LogP contribution < -0.4 is 5.32 Å². The molecule has 0 aliphatic heterocycles. The van der Waals surface area contributed by atoms with Crippen molar-refractivity contribution in [2.75, 3.05) is 23.8 Å². The Morgan fingerprint density at radius 1 is 1.46 bits per heavy atom. The third kappa shape index (κ3) is 9.83. The predicted octanol–water partition coefficient (Wildman–Crippen LogP) is 2.12. The molecule has 0 bridgehead atoms. The van der Waals surface area contributed by atoms with Gasteiger partial charge in [-0.25, -0.2) is 0 Å². The SMILES string of the molecule is C=CSCCSCCNC(=O)CC. The highest BCUT2D eigenvalue weighted by atomic mass is 32.2. The Labute approximate surface area is 88.9 Å². The molecule has 76 valence electrons. The normalized spacial score (nSPS) is 9.62. The summed E-state index contributed by atoms with van der Waals surface area (Å²) in [4.78, 5) is 10.8. The molecule has 2 nitrogen and oxygen atoms in total. The molecular formula is C9H17NOS2. The first-order chi connectivity index (χ1) is 6.31. The van der Waals surface area contributed by atoms with Gasteiger partial charge in [0.25, 0.3) is 0 Å². The van der Waals surface area contributed by atoms with Gasteiger partial charge in [-0.3, -0.25) is 4.79 Å². The molecule has 0 fully saturated rings. The summed E-state index contributed by atoms with van der Waals surface area (Å²) >= 11 is 3.60. The Kier molecular flexibility index (Phi) is 9.92. The number of amides is 1. The van der Waals surface area contributed by atoms with Crippen LogP contribution in [0.15, 0.2) is 12.0 Å². The van der Waals surface area contributed by atoms with E-state index in [-0.39, 0.29) is 5.91 Å². The highest BCUT2D eigenvalue weighted by molar-refractivity contribution is 8.04. The van der Waals surface area contributed by atoms with Gasteiger partial charge in [-0.15, -0.1) is 11.8 Å². The summed E-state index contributed by atoms with van der Waals surface area (Å²) in [5.74, 6) is 3.37. The van der Waals surface area contributed by atoms with E-state index in [1.807, 2.05) is 24.1 Å². The molecule has 0 aromatic heterocycles. The molecule has 0 aliphatic rings. The molecule has 0 spiro atoms. The smallest absolute Gasteiger partial charge is 0.219 e. The molecule has 0 radical (unpaired) electrons. The summed E-state index contributed by atoms with van der Waals surface area (Å²) in [6.07, 6.45) is 0.580. The summed E-state index contributed by atoms with van der Waals surface area (Å²) in [5.41, 5.74) is 0. The van der Waals surface area contributed by atoms with Crippen LogP contribution in [0.25, 0.3) is 0 Å². The number of rotatable bonds is 8. The highest BCUT2D eigenvalue weighted by Crippen LogP contribution is 2.05. The summed E-state index contributed by atoms with van der Waals surface area (Å²) in [5, 5.41) is 4.70. The number of carbonyl (C=O) groups excluding carboxylic acids is 1. The molecule has 13 heavy (non-hydrogen) atoms. The van der Waals surface area contributed by atoms with Crippen molar-refractivity contribution in [3.8, 4) is 0 Å². The Bertz CT molecular complexity index is 151. The quantitative estimate of drug-likeness (QED) is 0.634. The zero-order valence-electron chi connectivity index (χ0n) is 8.04. The van der Waals surface area contributed by atoms with E-state index in [2.05, 4.69) is 11.9 Å². The van der Waals surface area contributed by atoms with E-state index in [0.717, 1.165) is 23.8 Å². The molecule has 1 amide bonds. The second-order valence-electron chi connectivity index (χ2n) is 2.35. The van der Waals surface area contributed by atoms with Gasteiger partial charge in [-0.1, -0.05) is 13.5 Å². The van der Waals surface area contributed by atoms with Crippen LogP contribution in [0.5, 0.6) is 0 Å². The van der Waals surface area contributed by atoms with E-state index in [9.17, 15) is 4.79 Å². The Morgan fingerprint density at radius 3 is 2.85 bits per heavy atom. The van der Waals surface area contributed by atoms with Gasteiger partial charge in [0.2, 0.25) is 5.91 Å². The van der Waals surface area contributed by atoms with Crippen LogP contribution in [-0.2, 0) is 4.79 Å². The minimum atomic E-state index is 0.140. The van der Waals surface area contributed by atoms with Gasteiger partial charge in [0.1, 0.15) is 0 Å². The van der Waals surface area contributed by atoms with E-state index in [1.54, 1.807) is 11.8 Å². The lowest BCUT2D eigenvalue weighted by Gasteiger charge is -2.02. The second-order valence-corrected chi connectivity index (χ2v) is 4.65. The maximum atomic E-state index is 10.8. The molecule has 0 heterocycles. The average Bonchev–Trinajstić information content (AvgIpc) is 2.16. The molecule has 0 saturated carbocycles. The Morgan fingerprint density at radius 2 is 2.23 bits per heavy atom. The van der Waals surface area contributed by atoms with Crippen molar-refractivity contribution in [2.45, 2.75) is 13.3 Å². The minimum absolute atomic E-state index is 0.140. The van der Waals surface area contributed by atoms with Gasteiger partial charge in [0.15, 0.2) is 0 Å². The molecule has 0 aliphatic carbocycles. The van der Waals surface area contributed by atoms with Crippen molar-refractivity contribution in [1.29, 1.82) is 0 Å². The van der Waals surface area contributed by atoms with Gasteiger partial charge in [-0.05, 0) is 5.41 Å². The van der Waals surface area contributed by atoms with Crippen molar-refractivity contribution in [3.63, 3.8) is 0 Å². The lowest BCUT2D eigenvalue weighted by atomic mass is 10.4. The number of carbonyl (C=O) groups is 1. The standard InChI is InChI=1S/C9H17NOS2/c1-3-9(11)10-5-6-13-8-7-12-4-2/h4H,2-3,5-8H2,1H3,(H,10,11). The third-order valence-corrected chi connectivity index (χ3v) is 3.27. The molecule has 0 unspecified atom stereocenters. The summed E-state index contributed by atoms with van der Waals surface area (Å²) in [6, 6.07) is 0. The number of nitrogens with one attached hydrogen (secondary N) is 1. The van der Waals surface area contributed by atoms with Gasteiger partial charge in [0.05, 0.1) is 0 Å². The van der Waals surface area contributed by atoms with Gasteiger partial charge >= 0.3 is 0 Å². The zero-order valence-corrected chi connectivity index (χ0v) is 9.68. The Hall–Kier alpha value is -0.0900. The van der Waals surface area contributed by atoms with Crippen LogP contribution >= 0.6 is 23.5 Å². The van der Waals surface area contributed by atoms with Crippen molar-refractivity contribution in [1.82, 2.24) is 5.32 Å². The van der Waals surface area contributed by atoms with Crippen LogP contribution in [-0.4, -0.2) is 29.7 Å². The third-order valence-electron chi connectivity index (χ3n) is 1.35. The van der Waals surface area contributed by atoms with Crippen LogP contribution in [0.4, 0.5) is 0 Å². The number of thioether (sulfide) groups is 2. The molecule has 0 atom stereocenters. The zero-order chi connectivity index (χ0) is 9.94. The summed E-state index contributed by atoms with van der Waals surface area (Å²) < 4.78 is 0. The molecule has 0 aromatic carbocycles. The number of hydrogen-bond acceptors (Lipinski definition) is 3. The fourth-order valence-corrected chi connectivity index (χ4v) is 2.15. The minimum Gasteiger partial charge on any atom is -0.355 e. The van der Waals surface area contributed by atoms with Crippen LogP contribution in [0, 0.1) is 0 Å². The molecule has 4 heteroatoms. The average molecular weight is 219 g/mol. The van der Waals surface area contributed by atoms with Crippen molar-refractivity contribution in [2.24, 2.45) is 0 Å². The fraction of sp³-hybridized carbons (Fsp3) is 0.667. The van der Waals surface area contributed by atoms with Crippen LogP contribution in [0.2, 0.25) is 0 Å².